The molecule has 0 radical (unpaired) electrons. The maximum absolute atomic E-state index is 13.6. The zero-order valence-corrected chi connectivity index (χ0v) is 10.6. The Balaban J connectivity index is 2.25. The molecule has 0 unspecified atom stereocenters. The number of nitrogens with one attached hydrogen (secondary N) is 1. The van der Waals surface area contributed by atoms with Crippen LogP contribution in [0.25, 0.3) is 0 Å². The highest BCUT2D eigenvalue weighted by Gasteiger charge is 2.17. The first-order valence-corrected chi connectivity index (χ1v) is 5.88. The quantitative estimate of drug-likeness (QED) is 0.691. The number of benzene rings is 2. The summed E-state index contributed by atoms with van der Waals surface area (Å²) in [5.41, 5.74) is -0.272. The molecular weight excluding hydrogens is 280 g/mol. The second-order valence-electron chi connectivity index (χ2n) is 4.17. The van der Waals surface area contributed by atoms with Crippen LogP contribution < -0.4 is 5.32 Å². The van der Waals surface area contributed by atoms with Crippen LogP contribution in [-0.2, 0) is 6.54 Å². The monoisotopic (exact) mass is 289 g/mol. The van der Waals surface area contributed by atoms with Crippen LogP contribution in [0, 0.1) is 33.1 Å². The van der Waals surface area contributed by atoms with Crippen LogP contribution in [0.2, 0.25) is 0 Å². The first-order chi connectivity index (χ1) is 10.0. The number of nitriles is 1. The lowest BCUT2D eigenvalue weighted by molar-refractivity contribution is -0.384. The molecule has 0 aliphatic carbocycles. The zero-order chi connectivity index (χ0) is 15.4. The lowest BCUT2D eigenvalue weighted by atomic mass is 10.1. The Kier molecular flexibility index (Phi) is 4.09. The highest BCUT2D eigenvalue weighted by atomic mass is 19.1. The Morgan fingerprint density at radius 2 is 2.00 bits per heavy atom. The minimum absolute atomic E-state index is 0.0245. The van der Waals surface area contributed by atoms with E-state index < -0.39 is 22.2 Å². The lowest BCUT2D eigenvalue weighted by Crippen LogP contribution is -2.05. The third-order valence-electron chi connectivity index (χ3n) is 2.81. The Labute approximate surface area is 118 Å². The van der Waals surface area contributed by atoms with E-state index >= 15 is 0 Å². The van der Waals surface area contributed by atoms with Gasteiger partial charge in [-0.15, -0.1) is 0 Å². The second-order valence-corrected chi connectivity index (χ2v) is 4.17. The molecule has 0 fully saturated rings. The van der Waals surface area contributed by atoms with Gasteiger partial charge in [0, 0.05) is 12.6 Å². The summed E-state index contributed by atoms with van der Waals surface area (Å²) in [6.07, 6.45) is 0. The van der Waals surface area contributed by atoms with Crippen LogP contribution in [0.15, 0.2) is 36.4 Å². The molecule has 0 saturated carbocycles. The Hall–Kier alpha value is -3.01. The molecule has 21 heavy (non-hydrogen) atoms. The standard InChI is InChI=1S/C14H9F2N3O2/c15-11-5-4-9(6-10(11)7-17)8-18-14-12(16)2-1-3-13(14)19(20)21/h1-6,18H,8H2. The van der Waals surface area contributed by atoms with Crippen LogP contribution in [0.3, 0.4) is 0 Å². The van der Waals surface area contributed by atoms with Crippen LogP contribution >= 0.6 is 0 Å². The predicted octanol–water partition coefficient (Wildman–Crippen LogP) is 3.36. The molecule has 0 heterocycles. The molecule has 0 atom stereocenters. The largest absolute Gasteiger partial charge is 0.373 e. The van der Waals surface area contributed by atoms with Gasteiger partial charge in [0.05, 0.1) is 10.5 Å². The first-order valence-electron chi connectivity index (χ1n) is 5.88. The molecule has 1 N–H and O–H groups in total. The van der Waals surface area contributed by atoms with Crippen molar-refractivity contribution in [2.45, 2.75) is 6.54 Å². The van der Waals surface area contributed by atoms with Gasteiger partial charge in [-0.2, -0.15) is 5.26 Å². The fourth-order valence-corrected chi connectivity index (χ4v) is 1.80. The maximum Gasteiger partial charge on any atom is 0.295 e. The van der Waals surface area contributed by atoms with Crippen molar-refractivity contribution in [3.05, 3.63) is 69.3 Å². The Morgan fingerprint density at radius 1 is 1.24 bits per heavy atom. The normalized spacial score (nSPS) is 9.95. The van der Waals surface area contributed by atoms with Crippen LogP contribution in [-0.4, -0.2) is 4.92 Å². The summed E-state index contributed by atoms with van der Waals surface area (Å²) in [6.45, 7) is 0.0245. The van der Waals surface area contributed by atoms with E-state index in [0.717, 1.165) is 12.1 Å². The summed E-state index contributed by atoms with van der Waals surface area (Å²) in [7, 11) is 0. The zero-order valence-electron chi connectivity index (χ0n) is 10.6. The van der Waals surface area contributed by atoms with Gasteiger partial charge in [0.2, 0.25) is 0 Å². The van der Waals surface area contributed by atoms with Gasteiger partial charge in [0.1, 0.15) is 17.6 Å². The average molecular weight is 289 g/mol. The molecular formula is C14H9F2N3O2. The van der Waals surface area contributed by atoms with Crippen molar-refractivity contribution in [2.24, 2.45) is 0 Å². The van der Waals surface area contributed by atoms with E-state index in [2.05, 4.69) is 5.32 Å². The van der Waals surface area contributed by atoms with Gasteiger partial charge in [0.15, 0.2) is 5.82 Å². The van der Waals surface area contributed by atoms with E-state index in [9.17, 15) is 18.9 Å². The number of nitro groups is 1. The molecule has 0 aromatic heterocycles. The lowest BCUT2D eigenvalue weighted by Gasteiger charge is -2.08. The van der Waals surface area contributed by atoms with E-state index in [0.29, 0.717) is 5.56 Å². The maximum atomic E-state index is 13.6. The van der Waals surface area contributed by atoms with Crippen molar-refractivity contribution in [1.29, 1.82) is 5.26 Å². The predicted molar refractivity (Wildman–Crippen MR) is 71.5 cm³/mol. The van der Waals surface area contributed by atoms with Gasteiger partial charge < -0.3 is 5.32 Å². The van der Waals surface area contributed by atoms with Gasteiger partial charge in [0.25, 0.3) is 5.69 Å². The first kappa shape index (κ1) is 14.4. The fraction of sp³-hybridized carbons (Fsp3) is 0.0714. The van der Waals surface area contributed by atoms with E-state index in [1.807, 2.05) is 0 Å². The smallest absolute Gasteiger partial charge is 0.295 e. The van der Waals surface area contributed by atoms with Crippen molar-refractivity contribution in [2.75, 3.05) is 5.32 Å². The minimum atomic E-state index is -0.758. The molecule has 2 rings (SSSR count). The molecule has 0 saturated heterocycles. The molecule has 7 heteroatoms. The van der Waals surface area contributed by atoms with E-state index in [1.165, 1.54) is 24.3 Å². The third kappa shape index (κ3) is 3.12. The molecule has 0 aliphatic rings. The van der Waals surface area contributed by atoms with Crippen LogP contribution in [0.1, 0.15) is 11.1 Å². The number of hydrogen-bond donors (Lipinski definition) is 1. The van der Waals surface area contributed by atoms with Gasteiger partial charge in [-0.3, -0.25) is 10.1 Å². The third-order valence-corrected chi connectivity index (χ3v) is 2.81. The van der Waals surface area contributed by atoms with Gasteiger partial charge in [-0.05, 0) is 23.8 Å². The van der Waals surface area contributed by atoms with E-state index in [1.54, 1.807) is 6.07 Å². The molecule has 0 amide bonds. The number of para-hydroxylation sites is 1. The van der Waals surface area contributed by atoms with Gasteiger partial charge in [-0.25, -0.2) is 8.78 Å². The Bertz CT molecular complexity index is 741. The Morgan fingerprint density at radius 3 is 2.67 bits per heavy atom. The summed E-state index contributed by atoms with van der Waals surface area (Å²) in [4.78, 5) is 10.1. The van der Waals surface area contributed by atoms with Gasteiger partial charge in [-0.1, -0.05) is 12.1 Å². The topological polar surface area (TPSA) is 79.0 Å². The summed E-state index contributed by atoms with van der Waals surface area (Å²) in [6, 6.07) is 9.03. The molecule has 2 aromatic rings. The highest BCUT2D eigenvalue weighted by molar-refractivity contribution is 5.62. The molecule has 5 nitrogen and oxygen atoms in total. The molecule has 0 bridgehead atoms. The van der Waals surface area contributed by atoms with Gasteiger partial charge >= 0.3 is 0 Å². The average Bonchev–Trinajstić information content (AvgIpc) is 2.47. The summed E-state index contributed by atoms with van der Waals surface area (Å²) in [5, 5.41) is 22.2. The number of rotatable bonds is 4. The highest BCUT2D eigenvalue weighted by Crippen LogP contribution is 2.27. The van der Waals surface area contributed by atoms with E-state index in [4.69, 9.17) is 5.26 Å². The second kappa shape index (κ2) is 5.96. The summed E-state index contributed by atoms with van der Waals surface area (Å²) in [5.74, 6) is -1.41. The van der Waals surface area contributed by atoms with Crippen molar-refractivity contribution < 1.29 is 13.7 Å². The summed E-state index contributed by atoms with van der Waals surface area (Å²) >= 11 is 0. The van der Waals surface area contributed by atoms with E-state index in [-0.39, 0.29) is 17.8 Å². The number of anilines is 1. The van der Waals surface area contributed by atoms with Crippen LogP contribution in [0.5, 0.6) is 0 Å². The molecule has 106 valence electrons. The van der Waals surface area contributed by atoms with Crippen molar-refractivity contribution >= 4 is 11.4 Å². The molecule has 0 spiro atoms. The number of hydrogen-bond acceptors (Lipinski definition) is 4. The summed E-state index contributed by atoms with van der Waals surface area (Å²) < 4.78 is 26.8. The minimum Gasteiger partial charge on any atom is -0.373 e. The molecule has 0 aliphatic heterocycles. The molecule has 2 aromatic carbocycles. The number of halogens is 2. The fourth-order valence-electron chi connectivity index (χ4n) is 1.80. The number of nitrogens with zero attached hydrogens (tertiary/aromatic N) is 2. The number of nitro benzene ring substituents is 1. The van der Waals surface area contributed by atoms with Crippen LogP contribution in [0.4, 0.5) is 20.2 Å². The SMILES string of the molecule is N#Cc1cc(CNc2c(F)cccc2[N+](=O)[O-])ccc1F. The van der Waals surface area contributed by atoms with Crippen molar-refractivity contribution in [3.63, 3.8) is 0 Å². The van der Waals surface area contributed by atoms with Crippen molar-refractivity contribution in [3.8, 4) is 6.07 Å². The van der Waals surface area contributed by atoms with Crippen molar-refractivity contribution in [1.82, 2.24) is 0 Å².